The summed E-state index contributed by atoms with van der Waals surface area (Å²) in [5.41, 5.74) is 15.8. The molecule has 8 N–H and O–H groups in total. The van der Waals surface area contributed by atoms with E-state index in [4.69, 9.17) is 17.2 Å². The second kappa shape index (κ2) is 12.3. The van der Waals surface area contributed by atoms with Gasteiger partial charge in [-0.1, -0.05) is 12.1 Å². The van der Waals surface area contributed by atoms with Gasteiger partial charge < -0.3 is 27.5 Å². The van der Waals surface area contributed by atoms with Gasteiger partial charge in [0, 0.05) is 35.8 Å². The number of fused-ring (bicyclic) bond motifs is 1. The first-order valence-corrected chi connectivity index (χ1v) is 13.4. The summed E-state index contributed by atoms with van der Waals surface area (Å²) >= 11 is 0. The van der Waals surface area contributed by atoms with Crippen LogP contribution in [0.4, 0.5) is 17.6 Å². The summed E-state index contributed by atoms with van der Waals surface area (Å²) in [6.45, 7) is 5.38. The van der Waals surface area contributed by atoms with Crippen LogP contribution in [0.1, 0.15) is 43.4 Å². The highest BCUT2D eigenvalue weighted by Gasteiger charge is 2.36. The van der Waals surface area contributed by atoms with Gasteiger partial charge in [-0.15, -0.1) is 0 Å². The third-order valence-electron chi connectivity index (χ3n) is 6.64. The van der Waals surface area contributed by atoms with E-state index in [0.29, 0.717) is 42.7 Å². The second-order valence-electron chi connectivity index (χ2n) is 10.9. The molecule has 0 amide bonds. The molecule has 224 valence electrons. The van der Waals surface area contributed by atoms with Gasteiger partial charge in [0.2, 0.25) is 0 Å². The van der Waals surface area contributed by atoms with Crippen LogP contribution in [0.5, 0.6) is 0 Å². The zero-order chi connectivity index (χ0) is 30.7. The van der Waals surface area contributed by atoms with Crippen molar-refractivity contribution in [2.75, 3.05) is 13.1 Å². The predicted molar refractivity (Wildman–Crippen MR) is 156 cm³/mol. The lowest BCUT2D eigenvalue weighted by atomic mass is 9.93. The van der Waals surface area contributed by atoms with Crippen LogP contribution in [0.25, 0.3) is 28.0 Å². The molecule has 42 heavy (non-hydrogen) atoms. The number of nitrogens with zero attached hydrogens (tertiary/aromatic N) is 3. The van der Waals surface area contributed by atoms with Crippen LogP contribution >= 0.6 is 0 Å². The highest BCUT2D eigenvalue weighted by atomic mass is 19.4. The average molecular weight is 587 g/mol. The van der Waals surface area contributed by atoms with Crippen LogP contribution in [0.3, 0.4) is 0 Å². The molecule has 4 rings (SSSR count). The van der Waals surface area contributed by atoms with E-state index in [1.807, 2.05) is 12.1 Å². The first-order valence-electron chi connectivity index (χ1n) is 13.4. The van der Waals surface area contributed by atoms with Crippen LogP contribution in [-0.4, -0.2) is 39.1 Å². The number of nitrogens with two attached hydrogens (primary N) is 3. The Morgan fingerprint density at radius 2 is 1.81 bits per heavy atom. The molecule has 0 aliphatic carbocycles. The number of alkyl halides is 3. The number of aryl methyl sites for hydroxylation is 1. The lowest BCUT2D eigenvalue weighted by Crippen LogP contribution is -2.32. The molecule has 2 heterocycles. The fraction of sp³-hybridized carbons (Fsp3) is 0.345. The van der Waals surface area contributed by atoms with Crippen molar-refractivity contribution in [2.45, 2.75) is 51.4 Å². The summed E-state index contributed by atoms with van der Waals surface area (Å²) < 4.78 is 57.7. The summed E-state index contributed by atoms with van der Waals surface area (Å²) in [7, 11) is 0. The Balaban J connectivity index is 1.59. The third-order valence-corrected chi connectivity index (χ3v) is 6.64. The van der Waals surface area contributed by atoms with E-state index in [1.54, 1.807) is 26.0 Å². The number of guanidine groups is 1. The Hall–Kier alpha value is -4.23. The molecule has 2 aromatic heterocycles. The molecule has 4 aromatic rings. The van der Waals surface area contributed by atoms with E-state index in [-0.39, 0.29) is 29.3 Å². The summed E-state index contributed by atoms with van der Waals surface area (Å²) in [4.78, 5) is 23.6. The van der Waals surface area contributed by atoms with Gasteiger partial charge in [-0.05, 0) is 81.1 Å². The Morgan fingerprint density at radius 1 is 1.10 bits per heavy atom. The molecule has 0 saturated heterocycles. The minimum atomic E-state index is -4.89. The molecule has 0 fully saturated rings. The first-order chi connectivity index (χ1) is 19.7. The largest absolute Gasteiger partial charge is 0.419 e. The number of benzene rings is 2. The number of aliphatic imine (C=N–C) groups is 1. The first kappa shape index (κ1) is 30.7. The van der Waals surface area contributed by atoms with Crippen molar-refractivity contribution in [2.24, 2.45) is 22.2 Å². The van der Waals surface area contributed by atoms with Gasteiger partial charge >= 0.3 is 11.9 Å². The smallest absolute Gasteiger partial charge is 0.370 e. The molecular formula is C29H34F4N8O. The Bertz CT molecular complexity index is 1630. The number of rotatable bonds is 11. The lowest BCUT2D eigenvalue weighted by Gasteiger charge is -2.19. The number of aromatic amines is 1. The van der Waals surface area contributed by atoms with E-state index in [1.165, 1.54) is 22.9 Å². The molecule has 0 bridgehead atoms. The molecule has 0 aliphatic heterocycles. The number of hydrogen-bond donors (Lipinski definition) is 5. The zero-order valence-corrected chi connectivity index (χ0v) is 23.4. The molecule has 0 unspecified atom stereocenters. The molecule has 0 aliphatic rings. The number of hydrogen-bond acceptors (Lipinski definition) is 5. The van der Waals surface area contributed by atoms with Crippen molar-refractivity contribution in [1.29, 1.82) is 0 Å². The van der Waals surface area contributed by atoms with Gasteiger partial charge in [-0.3, -0.25) is 9.56 Å². The third kappa shape index (κ3) is 7.74. The van der Waals surface area contributed by atoms with Gasteiger partial charge in [0.1, 0.15) is 11.5 Å². The monoisotopic (exact) mass is 586 g/mol. The van der Waals surface area contributed by atoms with Crippen molar-refractivity contribution >= 4 is 17.0 Å². The number of nitrogens with one attached hydrogen (secondary N) is 2. The Kier molecular flexibility index (Phi) is 9.02. The molecule has 0 atom stereocenters. The summed E-state index contributed by atoms with van der Waals surface area (Å²) in [5.74, 6) is -1.34. The molecule has 2 aromatic carbocycles. The van der Waals surface area contributed by atoms with Gasteiger partial charge in [-0.25, -0.2) is 9.18 Å². The number of aromatic nitrogens is 3. The molecule has 13 heteroatoms. The minimum absolute atomic E-state index is 0.0591. The highest BCUT2D eigenvalue weighted by Crippen LogP contribution is 2.37. The van der Waals surface area contributed by atoms with Crippen molar-refractivity contribution in [3.8, 4) is 16.9 Å². The maximum atomic E-state index is 15.2. The summed E-state index contributed by atoms with van der Waals surface area (Å²) in [6.07, 6.45) is -1.97. The molecule has 0 saturated carbocycles. The van der Waals surface area contributed by atoms with Crippen molar-refractivity contribution in [3.63, 3.8) is 0 Å². The highest BCUT2D eigenvalue weighted by molar-refractivity contribution is 5.83. The van der Waals surface area contributed by atoms with Crippen molar-refractivity contribution < 1.29 is 17.6 Å². The summed E-state index contributed by atoms with van der Waals surface area (Å²) in [6, 6.07) is 10.9. The van der Waals surface area contributed by atoms with Gasteiger partial charge in [0.25, 0.3) is 0 Å². The standard InChI is InChI=1S/C29H34F4N8O/c1-28(2,36)9-8-18-12-21(24(30)22(13-18)29(31,32)33)23-14-19-16-41(27(42)40-25(19)39-23)20-6-4-17(5-7-20)15-37-10-3-11-38-26(34)35/h4-7,12-14,16,37H,3,8-11,15,36H2,1-2H3,(H4,34,35,38)(H,39,40,42). The van der Waals surface area contributed by atoms with Gasteiger partial charge in [0.05, 0.1) is 16.9 Å². The second-order valence-corrected chi connectivity index (χ2v) is 10.9. The average Bonchev–Trinajstić information content (AvgIpc) is 3.31. The van der Waals surface area contributed by atoms with Crippen LogP contribution in [0.2, 0.25) is 0 Å². The van der Waals surface area contributed by atoms with E-state index in [0.717, 1.165) is 18.1 Å². The van der Waals surface area contributed by atoms with Crippen LogP contribution in [0.15, 0.2) is 58.4 Å². The van der Waals surface area contributed by atoms with Crippen LogP contribution < -0.4 is 28.2 Å². The van der Waals surface area contributed by atoms with Crippen LogP contribution in [0, 0.1) is 5.82 Å². The molecule has 0 radical (unpaired) electrons. The van der Waals surface area contributed by atoms with Crippen LogP contribution in [-0.2, 0) is 19.1 Å². The predicted octanol–water partition coefficient (Wildman–Crippen LogP) is 3.96. The Morgan fingerprint density at radius 3 is 2.45 bits per heavy atom. The lowest BCUT2D eigenvalue weighted by molar-refractivity contribution is -0.140. The van der Waals surface area contributed by atoms with Gasteiger partial charge in [0.15, 0.2) is 5.96 Å². The maximum absolute atomic E-state index is 15.2. The molecule has 9 nitrogen and oxygen atoms in total. The quantitative estimate of drug-likeness (QED) is 0.0776. The minimum Gasteiger partial charge on any atom is -0.370 e. The van der Waals surface area contributed by atoms with E-state index in [9.17, 15) is 18.0 Å². The normalized spacial score (nSPS) is 12.2. The zero-order valence-electron chi connectivity index (χ0n) is 23.4. The fourth-order valence-corrected chi connectivity index (χ4v) is 4.44. The molecular weight excluding hydrogens is 552 g/mol. The van der Waals surface area contributed by atoms with Crippen molar-refractivity contribution in [1.82, 2.24) is 19.9 Å². The molecule has 0 spiro atoms. The SMILES string of the molecule is CC(C)(N)CCc1cc(-c2cc3cn(-c4ccc(CNCCCN=C(N)N)cc4)c(=O)nc3[nH]2)c(F)c(C(F)(F)F)c1. The topological polar surface area (TPSA) is 153 Å². The van der Waals surface area contributed by atoms with Crippen molar-refractivity contribution in [3.05, 3.63) is 81.7 Å². The number of halogens is 4. The van der Waals surface area contributed by atoms with E-state index < -0.39 is 28.8 Å². The van der Waals surface area contributed by atoms with E-state index >= 15 is 4.39 Å². The van der Waals surface area contributed by atoms with Gasteiger partial charge in [-0.2, -0.15) is 18.2 Å². The Labute approximate surface area is 239 Å². The van der Waals surface area contributed by atoms with E-state index in [2.05, 4.69) is 20.3 Å². The number of H-pyrrole nitrogens is 1. The maximum Gasteiger partial charge on any atom is 0.419 e. The summed E-state index contributed by atoms with van der Waals surface area (Å²) in [5, 5.41) is 3.71. The fourth-order valence-electron chi connectivity index (χ4n) is 4.44.